The van der Waals surface area contributed by atoms with Gasteiger partial charge in [-0.25, -0.2) is 4.79 Å². The Morgan fingerprint density at radius 2 is 2.45 bits per heavy atom. The molecule has 2 amide bonds. The van der Waals surface area contributed by atoms with Crippen LogP contribution >= 0.6 is 11.8 Å². The molecule has 0 aliphatic carbocycles. The van der Waals surface area contributed by atoms with E-state index < -0.39 is 0 Å². The zero-order valence-corrected chi connectivity index (χ0v) is 7.52. The monoisotopic (exact) mass is 172 g/mol. The van der Waals surface area contributed by atoms with Crippen molar-refractivity contribution in [3.63, 3.8) is 0 Å². The first-order chi connectivity index (χ1) is 5.20. The maximum Gasteiger partial charge on any atom is 0.317 e. The molecule has 62 valence electrons. The lowest BCUT2D eigenvalue weighted by Gasteiger charge is -2.15. The van der Waals surface area contributed by atoms with Gasteiger partial charge in [0.05, 0.1) is 12.1 Å². The molecular formula is C7H12N2OS. The molecule has 2 aliphatic rings. The molecule has 2 heterocycles. The van der Waals surface area contributed by atoms with Gasteiger partial charge < -0.3 is 10.2 Å². The van der Waals surface area contributed by atoms with E-state index in [0.29, 0.717) is 17.3 Å². The van der Waals surface area contributed by atoms with Crippen molar-refractivity contribution in [2.24, 2.45) is 0 Å². The normalized spacial score (nSPS) is 42.5. The Morgan fingerprint density at radius 3 is 3.09 bits per heavy atom. The van der Waals surface area contributed by atoms with Gasteiger partial charge in [0.1, 0.15) is 0 Å². The van der Waals surface area contributed by atoms with E-state index in [1.807, 2.05) is 23.7 Å². The van der Waals surface area contributed by atoms with Gasteiger partial charge in [-0.3, -0.25) is 0 Å². The minimum atomic E-state index is 0.0900. The van der Waals surface area contributed by atoms with Crippen molar-refractivity contribution < 1.29 is 4.79 Å². The van der Waals surface area contributed by atoms with Gasteiger partial charge in [-0.1, -0.05) is 6.92 Å². The Bertz CT molecular complexity index is 197. The maximum atomic E-state index is 11.1. The van der Waals surface area contributed by atoms with Crippen molar-refractivity contribution in [2.45, 2.75) is 24.3 Å². The molecule has 2 aliphatic heterocycles. The Kier molecular flexibility index (Phi) is 1.52. The summed E-state index contributed by atoms with van der Waals surface area (Å²) in [6.07, 6.45) is 0. The highest BCUT2D eigenvalue weighted by Crippen LogP contribution is 2.32. The SMILES string of the molecule is CC1SCC2C1NC(=O)N2C. The van der Waals surface area contributed by atoms with Crippen LogP contribution in [0.3, 0.4) is 0 Å². The van der Waals surface area contributed by atoms with Crippen LogP contribution in [0.25, 0.3) is 0 Å². The quantitative estimate of drug-likeness (QED) is 0.540. The summed E-state index contributed by atoms with van der Waals surface area (Å²) in [6, 6.07) is 0.909. The van der Waals surface area contributed by atoms with Gasteiger partial charge in [-0.2, -0.15) is 11.8 Å². The lowest BCUT2D eigenvalue weighted by Crippen LogP contribution is -2.35. The summed E-state index contributed by atoms with van der Waals surface area (Å²) in [5, 5.41) is 3.56. The Balaban J connectivity index is 2.18. The van der Waals surface area contributed by atoms with E-state index >= 15 is 0 Å². The van der Waals surface area contributed by atoms with E-state index in [1.54, 1.807) is 0 Å². The highest BCUT2D eigenvalue weighted by atomic mass is 32.2. The van der Waals surface area contributed by atoms with Crippen LogP contribution in [-0.2, 0) is 0 Å². The molecule has 1 N–H and O–H groups in total. The Labute approximate surface area is 70.5 Å². The van der Waals surface area contributed by atoms with E-state index in [0.717, 1.165) is 5.75 Å². The van der Waals surface area contributed by atoms with Crippen LogP contribution in [0.15, 0.2) is 0 Å². The first-order valence-corrected chi connectivity index (χ1v) is 4.90. The zero-order chi connectivity index (χ0) is 8.01. The lowest BCUT2D eigenvalue weighted by atomic mass is 10.1. The molecule has 3 unspecified atom stereocenters. The molecule has 2 saturated heterocycles. The molecule has 0 aromatic carbocycles. The van der Waals surface area contributed by atoms with Gasteiger partial charge in [-0.05, 0) is 0 Å². The second-order valence-electron chi connectivity index (χ2n) is 3.19. The van der Waals surface area contributed by atoms with E-state index in [-0.39, 0.29) is 6.03 Å². The second-order valence-corrected chi connectivity index (χ2v) is 4.60. The van der Waals surface area contributed by atoms with Crippen molar-refractivity contribution in [3.8, 4) is 0 Å². The highest BCUT2D eigenvalue weighted by molar-refractivity contribution is 8.00. The molecule has 3 nitrogen and oxygen atoms in total. The Morgan fingerprint density at radius 1 is 1.73 bits per heavy atom. The van der Waals surface area contributed by atoms with Crippen LogP contribution in [0.5, 0.6) is 0 Å². The average molecular weight is 172 g/mol. The van der Waals surface area contributed by atoms with Crippen LogP contribution < -0.4 is 5.32 Å². The Hall–Kier alpha value is -0.380. The number of likely N-dealkylation sites (N-methyl/N-ethyl adjacent to an activating group) is 1. The third-order valence-electron chi connectivity index (χ3n) is 2.56. The molecule has 2 fully saturated rings. The molecule has 0 aromatic rings. The first-order valence-electron chi connectivity index (χ1n) is 3.85. The summed E-state index contributed by atoms with van der Waals surface area (Å²) < 4.78 is 0. The standard InChI is InChI=1S/C7H12N2OS/c1-4-6-5(3-11-4)9(2)7(10)8-6/h4-6H,3H2,1-2H3,(H,8,10). The van der Waals surface area contributed by atoms with E-state index in [1.165, 1.54) is 0 Å². The predicted molar refractivity (Wildman–Crippen MR) is 45.8 cm³/mol. The van der Waals surface area contributed by atoms with Gasteiger partial charge in [0.15, 0.2) is 0 Å². The smallest absolute Gasteiger partial charge is 0.317 e. The fourth-order valence-corrected chi connectivity index (χ4v) is 3.12. The second kappa shape index (κ2) is 2.30. The van der Waals surface area contributed by atoms with Gasteiger partial charge >= 0.3 is 6.03 Å². The fourth-order valence-electron chi connectivity index (χ4n) is 1.73. The highest BCUT2D eigenvalue weighted by Gasteiger charge is 2.44. The van der Waals surface area contributed by atoms with Crippen molar-refractivity contribution >= 4 is 17.8 Å². The number of carbonyl (C=O) groups is 1. The summed E-state index contributed by atoms with van der Waals surface area (Å²) in [7, 11) is 1.87. The number of amides is 2. The number of fused-ring (bicyclic) bond motifs is 1. The fraction of sp³-hybridized carbons (Fsp3) is 0.857. The molecule has 0 spiro atoms. The number of rotatable bonds is 0. The van der Waals surface area contributed by atoms with E-state index in [2.05, 4.69) is 12.2 Å². The largest absolute Gasteiger partial charge is 0.332 e. The number of nitrogens with zero attached hydrogens (tertiary/aromatic N) is 1. The minimum absolute atomic E-state index is 0.0900. The topological polar surface area (TPSA) is 32.3 Å². The third-order valence-corrected chi connectivity index (χ3v) is 3.91. The molecule has 0 radical (unpaired) electrons. The summed E-state index contributed by atoms with van der Waals surface area (Å²) in [5.41, 5.74) is 0. The number of carbonyl (C=O) groups excluding carboxylic acids is 1. The zero-order valence-electron chi connectivity index (χ0n) is 6.70. The van der Waals surface area contributed by atoms with Crippen LogP contribution in [0.1, 0.15) is 6.92 Å². The number of nitrogens with one attached hydrogen (secondary N) is 1. The van der Waals surface area contributed by atoms with Crippen LogP contribution in [0, 0.1) is 0 Å². The van der Waals surface area contributed by atoms with E-state index in [9.17, 15) is 4.79 Å². The van der Waals surface area contributed by atoms with Crippen molar-refractivity contribution in [1.29, 1.82) is 0 Å². The van der Waals surface area contributed by atoms with Crippen LogP contribution in [0.2, 0.25) is 0 Å². The molecule has 11 heavy (non-hydrogen) atoms. The molecule has 2 rings (SSSR count). The molecule has 4 heteroatoms. The molecule has 0 saturated carbocycles. The third kappa shape index (κ3) is 0.922. The maximum absolute atomic E-state index is 11.1. The van der Waals surface area contributed by atoms with Crippen molar-refractivity contribution in [2.75, 3.05) is 12.8 Å². The number of urea groups is 1. The van der Waals surface area contributed by atoms with Crippen molar-refractivity contribution in [3.05, 3.63) is 0 Å². The average Bonchev–Trinajstić information content (AvgIpc) is 2.43. The molecule has 3 atom stereocenters. The number of thioether (sulfide) groups is 1. The molecule has 0 bridgehead atoms. The molecular weight excluding hydrogens is 160 g/mol. The number of hydrogen-bond donors (Lipinski definition) is 1. The summed E-state index contributed by atoms with van der Waals surface area (Å²) in [5.74, 6) is 1.08. The van der Waals surface area contributed by atoms with Crippen LogP contribution in [0.4, 0.5) is 4.79 Å². The lowest BCUT2D eigenvalue weighted by molar-refractivity contribution is 0.219. The van der Waals surface area contributed by atoms with E-state index in [4.69, 9.17) is 0 Å². The van der Waals surface area contributed by atoms with Crippen LogP contribution in [-0.4, -0.2) is 41.1 Å². The first kappa shape index (κ1) is 7.28. The predicted octanol–water partition coefficient (Wildman–Crippen LogP) is 0.514. The summed E-state index contributed by atoms with van der Waals surface area (Å²) in [4.78, 5) is 13.0. The van der Waals surface area contributed by atoms with Gasteiger partial charge in [-0.15, -0.1) is 0 Å². The van der Waals surface area contributed by atoms with Gasteiger partial charge in [0, 0.05) is 18.1 Å². The van der Waals surface area contributed by atoms with Gasteiger partial charge in [0.2, 0.25) is 0 Å². The summed E-state index contributed by atoms with van der Waals surface area (Å²) in [6.45, 7) is 2.18. The van der Waals surface area contributed by atoms with Crippen molar-refractivity contribution in [1.82, 2.24) is 10.2 Å². The minimum Gasteiger partial charge on any atom is -0.332 e. The van der Waals surface area contributed by atoms with Gasteiger partial charge in [0.25, 0.3) is 0 Å². The molecule has 0 aromatic heterocycles. The summed E-state index contributed by atoms with van der Waals surface area (Å²) >= 11 is 1.94. The number of hydrogen-bond acceptors (Lipinski definition) is 2.